The zero-order chi connectivity index (χ0) is 47.6. The standard InChI is InChI=1S/C20H21F4N5O3.C17H15ClF4N4O3/c1-31-16-8-12(18(30)29-4-6-32-7-5-29)14(21)9-15(16)27-19-25-10-13(20(22,23)24)17(28-19)26-11-2-3-11;1-28-13-6-9(15(27)26-2-4-29-5-3-26)11(19)7-12(13)24-16-23-8-10(14(18)25-16)17(20,21)22/h8-11H,2-7H2,1H3,(H2,25,26,27,28);6-8H,2-5H2,1H3,(H,23,24,25)/i2D2,3D2;. The number of hydrogen-bond acceptors (Lipinski definition) is 13. The molecule has 1 aliphatic carbocycles. The Morgan fingerprint density at radius 3 is 1.56 bits per heavy atom. The summed E-state index contributed by atoms with van der Waals surface area (Å²) >= 11 is 5.56. The number of carbonyl (C=O) groups is 2. The molecule has 4 heterocycles. The number of amides is 2. The van der Waals surface area contributed by atoms with E-state index in [1.165, 1.54) is 30.1 Å². The van der Waals surface area contributed by atoms with Gasteiger partial charge in [0.05, 0.1) is 63.1 Å². The monoisotopic (exact) mass is 893 g/mol. The van der Waals surface area contributed by atoms with Gasteiger partial charge in [0.15, 0.2) is 0 Å². The second-order valence-corrected chi connectivity index (χ2v) is 13.2. The summed E-state index contributed by atoms with van der Waals surface area (Å²) in [5.74, 6) is -4.39. The normalized spacial score (nSPS) is 18.3. The molecule has 61 heavy (non-hydrogen) atoms. The first kappa shape index (κ1) is 39.3. The first-order valence-corrected chi connectivity index (χ1v) is 18.2. The lowest BCUT2D eigenvalue weighted by Gasteiger charge is -2.27. The fourth-order valence-corrected chi connectivity index (χ4v) is 5.94. The van der Waals surface area contributed by atoms with Gasteiger partial charge in [-0.05, 0) is 24.9 Å². The minimum atomic E-state index is -4.92. The Labute approximate surface area is 352 Å². The quantitative estimate of drug-likeness (QED) is 0.111. The average Bonchev–Trinajstić information content (AvgIpc) is 3.64. The molecule has 1 saturated carbocycles. The van der Waals surface area contributed by atoms with Crippen LogP contribution in [-0.2, 0) is 21.8 Å². The van der Waals surface area contributed by atoms with Crippen LogP contribution in [0.3, 0.4) is 0 Å². The molecule has 3 N–H and O–H groups in total. The van der Waals surface area contributed by atoms with Gasteiger partial charge in [0, 0.05) is 62.2 Å². The Morgan fingerprint density at radius 2 is 1.16 bits per heavy atom. The summed E-state index contributed by atoms with van der Waals surface area (Å²) in [6.07, 6.45) is -13.5. The van der Waals surface area contributed by atoms with Crippen LogP contribution in [0.15, 0.2) is 36.7 Å². The number of morpholine rings is 2. The van der Waals surface area contributed by atoms with Crippen molar-refractivity contribution < 1.29 is 69.1 Å². The molecule has 2 amide bonds. The summed E-state index contributed by atoms with van der Waals surface area (Å²) in [4.78, 5) is 42.5. The molecule has 328 valence electrons. The van der Waals surface area contributed by atoms with Gasteiger partial charge in [-0.1, -0.05) is 11.6 Å². The molecule has 2 aromatic heterocycles. The van der Waals surface area contributed by atoms with Gasteiger partial charge in [-0.2, -0.15) is 31.3 Å². The number of anilines is 5. The maximum atomic E-state index is 14.9. The van der Waals surface area contributed by atoms with Crippen LogP contribution in [0.1, 0.15) is 50.1 Å². The first-order chi connectivity index (χ1) is 30.5. The number of rotatable bonds is 10. The van der Waals surface area contributed by atoms with Gasteiger partial charge < -0.3 is 44.7 Å². The first-order valence-electron chi connectivity index (χ1n) is 19.8. The number of aromatic nitrogens is 4. The molecule has 0 unspecified atom stereocenters. The number of ether oxygens (including phenoxy) is 4. The summed E-state index contributed by atoms with van der Waals surface area (Å²) < 4.78 is 159. The van der Waals surface area contributed by atoms with Crippen LogP contribution in [0.2, 0.25) is 5.15 Å². The predicted octanol–water partition coefficient (Wildman–Crippen LogP) is 6.95. The van der Waals surface area contributed by atoms with E-state index < -0.39 is 82.6 Å². The molecule has 24 heteroatoms. The molecule has 4 aromatic rings. The maximum absolute atomic E-state index is 14.9. The second kappa shape index (κ2) is 18.8. The molecule has 15 nitrogen and oxygen atoms in total. The summed E-state index contributed by atoms with van der Waals surface area (Å²) in [6.45, 7) is 2.58. The lowest BCUT2D eigenvalue weighted by Crippen LogP contribution is -2.41. The third kappa shape index (κ3) is 11.1. The highest BCUT2D eigenvalue weighted by Crippen LogP contribution is 2.38. The fourth-order valence-electron chi connectivity index (χ4n) is 5.70. The number of nitrogens with zero attached hydrogens (tertiary/aromatic N) is 6. The van der Waals surface area contributed by atoms with Crippen molar-refractivity contribution in [3.05, 3.63) is 75.7 Å². The van der Waals surface area contributed by atoms with Gasteiger partial charge in [-0.3, -0.25) is 9.59 Å². The van der Waals surface area contributed by atoms with Gasteiger partial charge >= 0.3 is 12.4 Å². The predicted molar refractivity (Wildman–Crippen MR) is 202 cm³/mol. The van der Waals surface area contributed by atoms with Crippen molar-refractivity contribution in [1.82, 2.24) is 29.7 Å². The van der Waals surface area contributed by atoms with Gasteiger partial charge in [-0.15, -0.1) is 0 Å². The van der Waals surface area contributed by atoms with Crippen LogP contribution in [0.5, 0.6) is 11.5 Å². The van der Waals surface area contributed by atoms with Crippen molar-refractivity contribution in [3.8, 4) is 11.5 Å². The molecular formula is C37H36ClF8N9O6. The Bertz CT molecular complexity index is 2420. The number of alkyl halides is 6. The molecule has 2 saturated heterocycles. The van der Waals surface area contributed by atoms with Crippen LogP contribution >= 0.6 is 11.6 Å². The highest BCUT2D eigenvalue weighted by atomic mass is 35.5. The minimum absolute atomic E-state index is 0.0131. The lowest BCUT2D eigenvalue weighted by molar-refractivity contribution is -0.138. The van der Waals surface area contributed by atoms with E-state index in [0.29, 0.717) is 51.9 Å². The van der Waals surface area contributed by atoms with Gasteiger partial charge in [0.2, 0.25) is 11.9 Å². The third-order valence-corrected chi connectivity index (χ3v) is 9.13. The molecule has 2 aliphatic heterocycles. The van der Waals surface area contributed by atoms with E-state index in [4.69, 9.17) is 36.0 Å². The molecule has 7 rings (SSSR count). The van der Waals surface area contributed by atoms with E-state index in [1.54, 1.807) is 0 Å². The largest absolute Gasteiger partial charge is 0.495 e. The molecule has 0 bridgehead atoms. The zero-order valence-electron chi connectivity index (χ0n) is 35.7. The SMILES string of the molecule is COc1cc(C(=O)N2CCOCC2)c(F)cc1Nc1ncc(C(F)(F)F)c(Cl)n1.[2H]C1([2H])C(Nc2nc(Nc3cc(F)c(C(=O)N4CCOCC4)cc3OC)ncc2C(F)(F)F)C1([2H])[2H]. The Kier molecular flexibility index (Phi) is 12.2. The fraction of sp³-hybridized carbons (Fsp3) is 0.405. The number of halogens is 9. The number of carbonyl (C=O) groups excluding carboxylic acids is 2. The molecule has 0 atom stereocenters. The van der Waals surface area contributed by atoms with Crippen LogP contribution in [0.4, 0.5) is 64.2 Å². The highest BCUT2D eigenvalue weighted by molar-refractivity contribution is 6.30. The lowest BCUT2D eigenvalue weighted by atomic mass is 10.1. The van der Waals surface area contributed by atoms with Crippen LogP contribution in [-0.4, -0.2) is 114 Å². The van der Waals surface area contributed by atoms with Crippen molar-refractivity contribution in [2.45, 2.75) is 31.1 Å². The van der Waals surface area contributed by atoms with Gasteiger partial charge in [-0.25, -0.2) is 23.7 Å². The van der Waals surface area contributed by atoms with Crippen LogP contribution in [0, 0.1) is 11.6 Å². The van der Waals surface area contributed by atoms with Gasteiger partial charge in [0.1, 0.15) is 45.2 Å². The summed E-state index contributed by atoms with van der Waals surface area (Å²) in [5.41, 5.74) is -3.09. The maximum Gasteiger partial charge on any atom is 0.421 e. The topological polar surface area (TPSA) is 165 Å². The number of nitrogens with one attached hydrogen (secondary N) is 3. The van der Waals surface area contributed by atoms with Crippen molar-refractivity contribution >= 4 is 52.5 Å². The van der Waals surface area contributed by atoms with E-state index >= 15 is 0 Å². The average molecular weight is 894 g/mol. The van der Waals surface area contributed by atoms with E-state index in [2.05, 4.69) is 35.9 Å². The van der Waals surface area contributed by atoms with E-state index in [0.717, 1.165) is 18.2 Å². The molecular weight excluding hydrogens is 854 g/mol. The van der Waals surface area contributed by atoms with Gasteiger partial charge in [0.25, 0.3) is 11.8 Å². The molecule has 0 radical (unpaired) electrons. The van der Waals surface area contributed by atoms with Crippen molar-refractivity contribution in [2.75, 3.05) is 82.8 Å². The van der Waals surface area contributed by atoms with Crippen molar-refractivity contribution in [3.63, 3.8) is 0 Å². The molecule has 3 fully saturated rings. The summed E-state index contributed by atoms with van der Waals surface area (Å²) in [5, 5.41) is 6.44. The second-order valence-electron chi connectivity index (χ2n) is 12.8. The Balaban J connectivity index is 0.000000221. The van der Waals surface area contributed by atoms with Crippen LogP contribution < -0.4 is 25.4 Å². The van der Waals surface area contributed by atoms with E-state index in [-0.39, 0.29) is 53.0 Å². The molecule has 2 aromatic carbocycles. The van der Waals surface area contributed by atoms with Crippen LogP contribution in [0.25, 0.3) is 0 Å². The molecule has 0 spiro atoms. The minimum Gasteiger partial charge on any atom is -0.495 e. The number of hydrogen-bond donors (Lipinski definition) is 3. The van der Waals surface area contributed by atoms with E-state index in [9.17, 15) is 44.7 Å². The number of benzene rings is 2. The summed E-state index contributed by atoms with van der Waals surface area (Å²) in [7, 11) is 2.54. The third-order valence-electron chi connectivity index (χ3n) is 8.84. The Morgan fingerprint density at radius 1 is 0.738 bits per heavy atom. The van der Waals surface area contributed by atoms with E-state index in [1.807, 2.05) is 0 Å². The zero-order valence-corrected chi connectivity index (χ0v) is 32.5. The summed E-state index contributed by atoms with van der Waals surface area (Å²) in [6, 6.07) is 2.65. The molecule has 3 aliphatic rings. The smallest absolute Gasteiger partial charge is 0.421 e. The van der Waals surface area contributed by atoms with Crippen molar-refractivity contribution in [1.29, 1.82) is 0 Å². The van der Waals surface area contributed by atoms with Crippen molar-refractivity contribution in [2.24, 2.45) is 0 Å². The Hall–Kier alpha value is -5.81. The number of methoxy groups -OCH3 is 2. The highest BCUT2D eigenvalue weighted by Gasteiger charge is 2.37.